The second kappa shape index (κ2) is 9.71. The fraction of sp³-hybridized carbons (Fsp3) is 0.500. The number of aliphatic hydroxyl groups excluding tert-OH is 1. The Balaban J connectivity index is 1.36. The number of hydrogen-bond acceptors (Lipinski definition) is 5. The van der Waals surface area contributed by atoms with Gasteiger partial charge in [0.25, 0.3) is 0 Å². The number of rotatable bonds is 9. The minimum Gasteiger partial charge on any atom is -0.488 e. The fourth-order valence-corrected chi connectivity index (χ4v) is 3.27. The minimum absolute atomic E-state index is 0.00809. The van der Waals surface area contributed by atoms with Gasteiger partial charge in [-0.25, -0.2) is 9.18 Å². The Kier molecular flexibility index (Phi) is 7.05. The predicted molar refractivity (Wildman–Crippen MR) is 107 cm³/mol. The maximum atomic E-state index is 12.9. The highest BCUT2D eigenvalue weighted by Gasteiger charge is 2.33. The van der Waals surface area contributed by atoms with Crippen LogP contribution >= 0.6 is 0 Å². The summed E-state index contributed by atoms with van der Waals surface area (Å²) in [5.41, 5.74) is 0.915. The summed E-state index contributed by atoms with van der Waals surface area (Å²) < 4.78 is 20.4. The molecule has 1 aliphatic rings. The number of nitrogens with zero attached hydrogens (tertiary/aromatic N) is 3. The van der Waals surface area contributed by atoms with Crippen LogP contribution in [0.3, 0.4) is 0 Å². The summed E-state index contributed by atoms with van der Waals surface area (Å²) in [6.45, 7) is 3.82. The van der Waals surface area contributed by atoms with E-state index in [1.54, 1.807) is 23.9 Å². The molecule has 0 saturated carbocycles. The van der Waals surface area contributed by atoms with Crippen molar-refractivity contribution >= 4 is 11.8 Å². The van der Waals surface area contributed by atoms with Crippen LogP contribution in [-0.4, -0.2) is 64.2 Å². The van der Waals surface area contributed by atoms with Gasteiger partial charge < -0.3 is 15.2 Å². The summed E-state index contributed by atoms with van der Waals surface area (Å²) in [7, 11) is 1.78. The van der Waals surface area contributed by atoms with Crippen molar-refractivity contribution in [2.45, 2.75) is 31.9 Å². The molecule has 3 rings (SSSR count). The SMILES string of the molecule is CCc1cc(NC(=O)NCC[C@@H](CO)N2CC(Oc3ccc(F)cc3)C2)n(C)n1. The number of carbonyl (C=O) groups is 1. The molecule has 158 valence electrons. The van der Waals surface area contributed by atoms with Crippen LogP contribution in [0, 0.1) is 5.82 Å². The smallest absolute Gasteiger partial charge is 0.320 e. The maximum Gasteiger partial charge on any atom is 0.320 e. The average Bonchev–Trinajstić information content (AvgIpc) is 3.03. The molecular weight excluding hydrogens is 377 g/mol. The Bertz CT molecular complexity index is 805. The first-order valence-electron chi connectivity index (χ1n) is 9.83. The standard InChI is InChI=1S/C20H28FN5O3/c1-3-15-10-19(25(2)24-15)23-20(28)22-9-8-16(13-27)26-11-18(12-26)29-17-6-4-14(21)5-7-17/h4-7,10,16,18,27H,3,8-9,11-13H2,1-2H3,(H2,22,23,28)/t16-/m0/s1. The second-order valence-corrected chi connectivity index (χ2v) is 7.15. The summed E-state index contributed by atoms with van der Waals surface area (Å²) in [5, 5.41) is 19.6. The van der Waals surface area contributed by atoms with E-state index in [1.165, 1.54) is 12.1 Å². The van der Waals surface area contributed by atoms with Crippen LogP contribution in [0.25, 0.3) is 0 Å². The molecule has 2 heterocycles. The van der Waals surface area contributed by atoms with E-state index in [0.29, 0.717) is 37.6 Å². The third-order valence-corrected chi connectivity index (χ3v) is 5.02. The van der Waals surface area contributed by atoms with Gasteiger partial charge in [0.1, 0.15) is 23.5 Å². The van der Waals surface area contributed by atoms with Gasteiger partial charge in [0.2, 0.25) is 0 Å². The molecule has 3 N–H and O–H groups in total. The number of nitrogens with one attached hydrogen (secondary N) is 2. The molecule has 8 nitrogen and oxygen atoms in total. The monoisotopic (exact) mass is 405 g/mol. The van der Waals surface area contributed by atoms with Crippen molar-refractivity contribution in [3.63, 3.8) is 0 Å². The lowest BCUT2D eigenvalue weighted by Crippen LogP contribution is -2.59. The van der Waals surface area contributed by atoms with Crippen LogP contribution in [0.2, 0.25) is 0 Å². The molecule has 2 amide bonds. The van der Waals surface area contributed by atoms with E-state index in [0.717, 1.165) is 12.1 Å². The highest BCUT2D eigenvalue weighted by Crippen LogP contribution is 2.21. The lowest BCUT2D eigenvalue weighted by Gasteiger charge is -2.43. The van der Waals surface area contributed by atoms with Crippen molar-refractivity contribution in [3.05, 3.63) is 41.8 Å². The van der Waals surface area contributed by atoms with Gasteiger partial charge in [-0.05, 0) is 37.1 Å². The normalized spacial score (nSPS) is 15.6. The quantitative estimate of drug-likeness (QED) is 0.591. The minimum atomic E-state index is -0.298. The Labute approximate surface area is 169 Å². The van der Waals surface area contributed by atoms with Gasteiger partial charge in [0.15, 0.2) is 0 Å². The van der Waals surface area contributed by atoms with E-state index in [2.05, 4.69) is 20.6 Å². The first-order chi connectivity index (χ1) is 14.0. The number of hydrogen-bond donors (Lipinski definition) is 3. The number of benzene rings is 1. The van der Waals surface area contributed by atoms with Gasteiger partial charge in [0, 0.05) is 38.8 Å². The van der Waals surface area contributed by atoms with Gasteiger partial charge in [-0.15, -0.1) is 0 Å². The molecule has 9 heteroatoms. The summed E-state index contributed by atoms with van der Waals surface area (Å²) in [6, 6.07) is 7.45. The van der Waals surface area contributed by atoms with Crippen LogP contribution in [0.5, 0.6) is 5.75 Å². The van der Waals surface area contributed by atoms with E-state index in [9.17, 15) is 14.3 Å². The number of aliphatic hydroxyl groups is 1. The van der Waals surface area contributed by atoms with E-state index < -0.39 is 0 Å². The van der Waals surface area contributed by atoms with E-state index in [4.69, 9.17) is 4.74 Å². The molecule has 1 aliphatic heterocycles. The molecule has 0 spiro atoms. The summed E-state index contributed by atoms with van der Waals surface area (Å²) in [6.07, 6.45) is 1.44. The summed E-state index contributed by atoms with van der Waals surface area (Å²) in [5.74, 6) is 0.983. The summed E-state index contributed by atoms with van der Waals surface area (Å²) >= 11 is 0. The number of anilines is 1. The van der Waals surface area contributed by atoms with Crippen molar-refractivity contribution in [3.8, 4) is 5.75 Å². The summed E-state index contributed by atoms with van der Waals surface area (Å²) in [4.78, 5) is 14.2. The average molecular weight is 405 g/mol. The number of ether oxygens (including phenoxy) is 1. The van der Waals surface area contributed by atoms with Crippen molar-refractivity contribution < 1.29 is 19.0 Å². The van der Waals surface area contributed by atoms with Gasteiger partial charge in [0.05, 0.1) is 12.3 Å². The molecule has 1 aromatic carbocycles. The van der Waals surface area contributed by atoms with E-state index in [1.807, 2.05) is 13.0 Å². The molecule has 1 aromatic heterocycles. The van der Waals surface area contributed by atoms with Crippen LogP contribution < -0.4 is 15.4 Å². The molecule has 1 atom stereocenters. The Morgan fingerprint density at radius 2 is 2.10 bits per heavy atom. The number of amides is 2. The zero-order valence-corrected chi connectivity index (χ0v) is 16.8. The number of likely N-dealkylation sites (tertiary alicyclic amines) is 1. The highest BCUT2D eigenvalue weighted by molar-refractivity contribution is 5.88. The Hall–Kier alpha value is -2.65. The van der Waals surface area contributed by atoms with Crippen LogP contribution in [0.15, 0.2) is 30.3 Å². The van der Waals surface area contributed by atoms with Crippen LogP contribution in [-0.2, 0) is 13.5 Å². The van der Waals surface area contributed by atoms with Gasteiger partial charge in [-0.1, -0.05) is 6.92 Å². The number of halogens is 1. The molecule has 0 unspecified atom stereocenters. The Morgan fingerprint density at radius 3 is 2.72 bits per heavy atom. The first-order valence-corrected chi connectivity index (χ1v) is 9.83. The zero-order chi connectivity index (χ0) is 20.8. The third-order valence-electron chi connectivity index (χ3n) is 5.02. The molecule has 1 saturated heterocycles. The molecule has 0 radical (unpaired) electrons. The Morgan fingerprint density at radius 1 is 1.38 bits per heavy atom. The topological polar surface area (TPSA) is 91.6 Å². The number of aromatic nitrogens is 2. The lowest BCUT2D eigenvalue weighted by atomic mass is 10.1. The molecule has 2 aromatic rings. The second-order valence-electron chi connectivity index (χ2n) is 7.15. The maximum absolute atomic E-state index is 12.9. The highest BCUT2D eigenvalue weighted by atomic mass is 19.1. The van der Waals surface area contributed by atoms with Gasteiger partial charge in [-0.3, -0.25) is 14.9 Å². The van der Waals surface area contributed by atoms with Crippen LogP contribution in [0.1, 0.15) is 19.0 Å². The van der Waals surface area contributed by atoms with E-state index >= 15 is 0 Å². The molecule has 0 bridgehead atoms. The fourth-order valence-electron chi connectivity index (χ4n) is 3.27. The van der Waals surface area contributed by atoms with Crippen molar-refractivity contribution in [2.75, 3.05) is 31.6 Å². The molecule has 29 heavy (non-hydrogen) atoms. The predicted octanol–water partition coefficient (Wildman–Crippen LogP) is 1.76. The van der Waals surface area contributed by atoms with Crippen LogP contribution in [0.4, 0.5) is 15.0 Å². The van der Waals surface area contributed by atoms with Crippen molar-refractivity contribution in [1.82, 2.24) is 20.0 Å². The lowest BCUT2D eigenvalue weighted by molar-refractivity contribution is -0.0261. The van der Waals surface area contributed by atoms with Gasteiger partial charge in [-0.2, -0.15) is 5.10 Å². The third kappa shape index (κ3) is 5.68. The molecule has 1 fully saturated rings. The first kappa shape index (κ1) is 21.1. The number of carbonyl (C=O) groups excluding carboxylic acids is 1. The zero-order valence-electron chi connectivity index (χ0n) is 16.8. The van der Waals surface area contributed by atoms with Gasteiger partial charge >= 0.3 is 6.03 Å². The molecule has 0 aliphatic carbocycles. The number of aryl methyl sites for hydroxylation is 2. The van der Waals surface area contributed by atoms with Crippen molar-refractivity contribution in [1.29, 1.82) is 0 Å². The van der Waals surface area contributed by atoms with E-state index in [-0.39, 0.29) is 30.6 Å². The number of urea groups is 1. The largest absolute Gasteiger partial charge is 0.488 e. The van der Waals surface area contributed by atoms with Crippen molar-refractivity contribution in [2.24, 2.45) is 7.05 Å². The molecular formula is C20H28FN5O3.